The molecule has 26 heavy (non-hydrogen) atoms. The van der Waals surface area contributed by atoms with E-state index >= 15 is 0 Å². The molecule has 0 aliphatic heterocycles. The van der Waals surface area contributed by atoms with Crippen LogP contribution in [0.3, 0.4) is 0 Å². The number of ether oxygens (including phenoxy) is 2. The number of aromatic nitrogens is 4. The monoisotopic (exact) mass is 358 g/mol. The van der Waals surface area contributed by atoms with Crippen molar-refractivity contribution in [2.75, 3.05) is 31.4 Å². The second-order valence-corrected chi connectivity index (χ2v) is 5.32. The Bertz CT molecular complexity index is 904. The third-order valence-corrected chi connectivity index (χ3v) is 3.66. The summed E-state index contributed by atoms with van der Waals surface area (Å²) >= 11 is 0. The number of rotatable bonds is 7. The molecule has 3 aromatic rings. The number of nitrogens with zero attached hydrogens (tertiary/aromatic N) is 4. The SMILES string of the molecule is COc1cc(CCNc2nccn3c(NC(=O)O)nnc23)cc(OC)c1. The molecule has 0 saturated heterocycles. The lowest BCUT2D eigenvalue weighted by atomic mass is 10.1. The molecule has 0 atom stereocenters. The number of anilines is 2. The predicted molar refractivity (Wildman–Crippen MR) is 94.2 cm³/mol. The van der Waals surface area contributed by atoms with Gasteiger partial charge in [0.2, 0.25) is 11.6 Å². The summed E-state index contributed by atoms with van der Waals surface area (Å²) in [4.78, 5) is 15.0. The summed E-state index contributed by atoms with van der Waals surface area (Å²) in [6.07, 6.45) is 2.61. The van der Waals surface area contributed by atoms with Crippen molar-refractivity contribution in [2.45, 2.75) is 6.42 Å². The molecule has 0 bridgehead atoms. The fourth-order valence-corrected chi connectivity index (χ4v) is 2.47. The number of carbonyl (C=O) groups is 1. The Morgan fingerprint density at radius 1 is 1.19 bits per heavy atom. The molecule has 136 valence electrons. The topological polar surface area (TPSA) is 123 Å². The maximum absolute atomic E-state index is 10.8. The normalized spacial score (nSPS) is 10.5. The van der Waals surface area contributed by atoms with Crippen molar-refractivity contribution >= 4 is 23.5 Å². The van der Waals surface area contributed by atoms with E-state index < -0.39 is 6.09 Å². The smallest absolute Gasteiger partial charge is 0.411 e. The first-order valence-electron chi connectivity index (χ1n) is 7.76. The molecule has 0 unspecified atom stereocenters. The molecule has 0 saturated carbocycles. The molecule has 0 aliphatic rings. The lowest BCUT2D eigenvalue weighted by Crippen LogP contribution is -2.11. The van der Waals surface area contributed by atoms with Crippen LogP contribution < -0.4 is 20.1 Å². The molecule has 1 aromatic carbocycles. The highest BCUT2D eigenvalue weighted by atomic mass is 16.5. The minimum absolute atomic E-state index is 0.107. The van der Waals surface area contributed by atoms with Crippen LogP contribution in [0.1, 0.15) is 5.56 Å². The van der Waals surface area contributed by atoms with Gasteiger partial charge >= 0.3 is 6.09 Å². The molecule has 0 fully saturated rings. The maximum Gasteiger partial charge on any atom is 0.411 e. The van der Waals surface area contributed by atoms with Crippen molar-refractivity contribution in [1.29, 1.82) is 0 Å². The summed E-state index contributed by atoms with van der Waals surface area (Å²) in [6.45, 7) is 0.581. The Morgan fingerprint density at radius 2 is 1.92 bits per heavy atom. The molecule has 10 heteroatoms. The highest BCUT2D eigenvalue weighted by Gasteiger charge is 2.12. The highest BCUT2D eigenvalue weighted by molar-refractivity contribution is 5.81. The lowest BCUT2D eigenvalue weighted by molar-refractivity contribution is 0.209. The number of amides is 1. The van der Waals surface area contributed by atoms with E-state index in [0.29, 0.717) is 24.4 Å². The first-order valence-corrected chi connectivity index (χ1v) is 7.76. The number of hydrogen-bond acceptors (Lipinski definition) is 7. The Labute approximate surface area is 148 Å². The Morgan fingerprint density at radius 3 is 2.58 bits per heavy atom. The number of hydrogen-bond donors (Lipinski definition) is 3. The number of nitrogens with one attached hydrogen (secondary N) is 2. The Balaban J connectivity index is 1.72. The van der Waals surface area contributed by atoms with Gasteiger partial charge in [0.1, 0.15) is 11.5 Å². The second-order valence-electron chi connectivity index (χ2n) is 5.32. The van der Waals surface area contributed by atoms with Crippen LogP contribution in [0.2, 0.25) is 0 Å². The van der Waals surface area contributed by atoms with Gasteiger partial charge in [-0.2, -0.15) is 0 Å². The van der Waals surface area contributed by atoms with Crippen LogP contribution in [0.25, 0.3) is 5.65 Å². The van der Waals surface area contributed by atoms with Gasteiger partial charge in [-0.3, -0.25) is 9.72 Å². The standard InChI is InChI=1S/C16H18N6O4/c1-25-11-7-10(8-12(9-11)26-2)3-4-17-13-14-20-21-15(19-16(23)24)22(14)6-5-18-13/h5-9H,3-4H2,1-2H3,(H,17,18)(H,19,21)(H,23,24). The van der Waals surface area contributed by atoms with Crippen LogP contribution in [-0.2, 0) is 6.42 Å². The average Bonchev–Trinajstić information content (AvgIpc) is 3.04. The predicted octanol–water partition coefficient (Wildman–Crippen LogP) is 1.89. The van der Waals surface area contributed by atoms with Gasteiger partial charge < -0.3 is 19.9 Å². The molecule has 1 amide bonds. The number of benzene rings is 1. The van der Waals surface area contributed by atoms with E-state index in [1.54, 1.807) is 26.6 Å². The largest absolute Gasteiger partial charge is 0.497 e. The highest BCUT2D eigenvalue weighted by Crippen LogP contribution is 2.23. The van der Waals surface area contributed by atoms with Crippen LogP contribution in [0.4, 0.5) is 16.6 Å². The van der Waals surface area contributed by atoms with Crippen molar-refractivity contribution < 1.29 is 19.4 Å². The van der Waals surface area contributed by atoms with Crippen molar-refractivity contribution in [2.24, 2.45) is 0 Å². The van der Waals surface area contributed by atoms with Crippen molar-refractivity contribution in [1.82, 2.24) is 19.6 Å². The van der Waals surface area contributed by atoms with Crippen LogP contribution in [0.5, 0.6) is 11.5 Å². The molecule has 2 heterocycles. The fraction of sp³-hybridized carbons (Fsp3) is 0.250. The zero-order valence-corrected chi connectivity index (χ0v) is 14.3. The second kappa shape index (κ2) is 7.55. The van der Waals surface area contributed by atoms with Crippen LogP contribution in [-0.4, -0.2) is 51.5 Å². The molecule has 3 rings (SSSR count). The fourth-order valence-electron chi connectivity index (χ4n) is 2.47. The van der Waals surface area contributed by atoms with Gasteiger partial charge in [0, 0.05) is 25.0 Å². The summed E-state index contributed by atoms with van der Waals surface area (Å²) in [7, 11) is 3.21. The zero-order valence-electron chi connectivity index (χ0n) is 14.3. The van der Waals surface area contributed by atoms with Gasteiger partial charge in [-0.1, -0.05) is 0 Å². The molecule has 0 spiro atoms. The van der Waals surface area contributed by atoms with E-state index in [-0.39, 0.29) is 5.95 Å². The lowest BCUT2D eigenvalue weighted by Gasteiger charge is -2.10. The minimum atomic E-state index is -1.21. The van der Waals surface area contributed by atoms with Crippen molar-refractivity contribution in [3.63, 3.8) is 0 Å². The molecule has 0 radical (unpaired) electrons. The summed E-state index contributed by atoms with van der Waals surface area (Å²) in [6, 6.07) is 5.68. The maximum atomic E-state index is 10.8. The Kier molecular flexibility index (Phi) is 5.02. The van der Waals surface area contributed by atoms with Gasteiger partial charge in [0.15, 0.2) is 5.82 Å². The van der Waals surface area contributed by atoms with Gasteiger partial charge in [0.05, 0.1) is 14.2 Å². The number of carboxylic acid groups (broad SMARTS) is 1. The van der Waals surface area contributed by atoms with E-state index in [4.69, 9.17) is 14.6 Å². The molecular weight excluding hydrogens is 340 g/mol. The first-order chi connectivity index (χ1) is 12.6. The molecule has 10 nitrogen and oxygen atoms in total. The van der Waals surface area contributed by atoms with Gasteiger partial charge in [-0.25, -0.2) is 9.78 Å². The number of fused-ring (bicyclic) bond motifs is 1. The molecular formula is C16H18N6O4. The average molecular weight is 358 g/mol. The zero-order chi connectivity index (χ0) is 18.5. The van der Waals surface area contributed by atoms with Gasteiger partial charge in [-0.15, -0.1) is 10.2 Å². The molecule has 2 aromatic heterocycles. The first kappa shape index (κ1) is 17.3. The van der Waals surface area contributed by atoms with Crippen molar-refractivity contribution in [3.05, 3.63) is 36.2 Å². The third kappa shape index (κ3) is 3.74. The Hall–Kier alpha value is -3.56. The quantitative estimate of drug-likeness (QED) is 0.585. The molecule has 3 N–H and O–H groups in total. The van der Waals surface area contributed by atoms with E-state index in [9.17, 15) is 4.79 Å². The van der Waals surface area contributed by atoms with E-state index in [2.05, 4.69) is 25.8 Å². The van der Waals surface area contributed by atoms with E-state index in [1.165, 1.54) is 4.40 Å². The van der Waals surface area contributed by atoms with Gasteiger partial charge in [0.25, 0.3) is 0 Å². The number of methoxy groups -OCH3 is 2. The van der Waals surface area contributed by atoms with Crippen LogP contribution in [0, 0.1) is 0 Å². The van der Waals surface area contributed by atoms with Crippen LogP contribution in [0.15, 0.2) is 30.6 Å². The van der Waals surface area contributed by atoms with Crippen molar-refractivity contribution in [3.8, 4) is 11.5 Å². The van der Waals surface area contributed by atoms with Crippen LogP contribution >= 0.6 is 0 Å². The summed E-state index contributed by atoms with van der Waals surface area (Å²) in [5.41, 5.74) is 1.47. The van der Waals surface area contributed by atoms with E-state index in [0.717, 1.165) is 17.1 Å². The summed E-state index contributed by atoms with van der Waals surface area (Å²) in [5, 5.41) is 22.0. The third-order valence-electron chi connectivity index (χ3n) is 3.66. The minimum Gasteiger partial charge on any atom is -0.497 e. The van der Waals surface area contributed by atoms with Gasteiger partial charge in [-0.05, 0) is 24.1 Å². The molecule has 0 aliphatic carbocycles. The summed E-state index contributed by atoms with van der Waals surface area (Å²) in [5.74, 6) is 2.06. The summed E-state index contributed by atoms with van der Waals surface area (Å²) < 4.78 is 12.0. The van der Waals surface area contributed by atoms with E-state index in [1.807, 2.05) is 18.2 Å².